The summed E-state index contributed by atoms with van der Waals surface area (Å²) < 4.78 is 7.35. The zero-order chi connectivity index (χ0) is 16.2. The molecule has 0 aliphatic rings. The first-order valence-electron chi connectivity index (χ1n) is 7.65. The van der Waals surface area contributed by atoms with Crippen LogP contribution in [0.3, 0.4) is 0 Å². The summed E-state index contributed by atoms with van der Waals surface area (Å²) in [6, 6.07) is 12.0. The van der Waals surface area contributed by atoms with E-state index in [2.05, 4.69) is 16.2 Å². The third-order valence-electron chi connectivity index (χ3n) is 3.47. The average Bonchev–Trinajstić information content (AvgIpc) is 3.09. The number of ether oxygens (including phenoxy) is 1. The van der Waals surface area contributed by atoms with Crippen LogP contribution < -0.4 is 4.74 Å². The average molecular weight is 326 g/mol. The Labute approximate surface area is 139 Å². The van der Waals surface area contributed by atoms with Crippen molar-refractivity contribution in [3.8, 4) is 11.8 Å². The zero-order valence-electron chi connectivity index (χ0n) is 13.2. The molecule has 0 radical (unpaired) electrons. The lowest BCUT2D eigenvalue weighted by atomic mass is 10.1. The van der Waals surface area contributed by atoms with Gasteiger partial charge in [0.1, 0.15) is 16.8 Å². The number of para-hydroxylation sites is 1. The van der Waals surface area contributed by atoms with Crippen molar-refractivity contribution < 1.29 is 4.74 Å². The standard InChI is InChI=1S/C17H18N4OS/c1-12(2)16-14(11-18)21-17(19-16)23-15(20-21)9-6-10-22-13-7-4-3-5-8-13/h3-5,7-8,12H,6,9-10H2,1-2H3. The topological polar surface area (TPSA) is 63.2 Å². The maximum atomic E-state index is 9.34. The van der Waals surface area contributed by atoms with Crippen molar-refractivity contribution in [2.45, 2.75) is 32.6 Å². The molecule has 0 amide bonds. The molecule has 0 N–H and O–H groups in total. The van der Waals surface area contributed by atoms with E-state index in [4.69, 9.17) is 4.74 Å². The van der Waals surface area contributed by atoms with Gasteiger partial charge in [-0.05, 0) is 24.5 Å². The van der Waals surface area contributed by atoms with Crippen LogP contribution >= 0.6 is 11.3 Å². The highest BCUT2D eigenvalue weighted by atomic mass is 32.1. The second-order valence-electron chi connectivity index (χ2n) is 5.57. The predicted molar refractivity (Wildman–Crippen MR) is 89.9 cm³/mol. The molecule has 0 aliphatic heterocycles. The number of aromatic nitrogens is 3. The Morgan fingerprint density at radius 2 is 2.09 bits per heavy atom. The van der Waals surface area contributed by atoms with Crippen molar-refractivity contribution >= 4 is 16.3 Å². The molecule has 0 atom stereocenters. The van der Waals surface area contributed by atoms with Crippen LogP contribution in [-0.4, -0.2) is 21.2 Å². The molecule has 3 aromatic rings. The van der Waals surface area contributed by atoms with E-state index in [1.165, 1.54) is 0 Å². The first-order chi connectivity index (χ1) is 11.2. The van der Waals surface area contributed by atoms with Crippen LogP contribution in [0.25, 0.3) is 4.96 Å². The first-order valence-corrected chi connectivity index (χ1v) is 8.47. The van der Waals surface area contributed by atoms with E-state index in [1.807, 2.05) is 44.2 Å². The Hall–Kier alpha value is -2.39. The van der Waals surface area contributed by atoms with Gasteiger partial charge in [0.15, 0.2) is 5.69 Å². The summed E-state index contributed by atoms with van der Waals surface area (Å²) >= 11 is 1.55. The molecule has 6 heteroatoms. The first kappa shape index (κ1) is 15.5. The molecular formula is C17H18N4OS. The molecule has 23 heavy (non-hydrogen) atoms. The lowest BCUT2D eigenvalue weighted by Gasteiger charge is -2.04. The third-order valence-corrected chi connectivity index (χ3v) is 4.44. The molecule has 3 rings (SSSR count). The molecule has 118 valence electrons. The number of benzene rings is 1. The summed E-state index contributed by atoms with van der Waals surface area (Å²) in [4.78, 5) is 5.34. The van der Waals surface area contributed by atoms with Crippen molar-refractivity contribution in [2.24, 2.45) is 0 Å². The monoisotopic (exact) mass is 326 g/mol. The van der Waals surface area contributed by atoms with Gasteiger partial charge in [0.2, 0.25) is 4.96 Å². The lowest BCUT2D eigenvalue weighted by Crippen LogP contribution is -2.00. The fraction of sp³-hybridized carbons (Fsp3) is 0.353. The van der Waals surface area contributed by atoms with Crippen molar-refractivity contribution in [2.75, 3.05) is 6.61 Å². The Bertz CT molecular complexity index is 830. The third kappa shape index (κ3) is 3.35. The van der Waals surface area contributed by atoms with E-state index in [1.54, 1.807) is 15.9 Å². The van der Waals surface area contributed by atoms with E-state index < -0.39 is 0 Å². The molecule has 0 aliphatic carbocycles. The molecule has 0 unspecified atom stereocenters. The Morgan fingerprint density at radius 1 is 1.30 bits per heavy atom. The normalized spacial score (nSPS) is 11.0. The molecule has 1 aromatic carbocycles. The Balaban J connectivity index is 1.63. The van der Waals surface area contributed by atoms with Gasteiger partial charge in [-0.15, -0.1) is 0 Å². The lowest BCUT2D eigenvalue weighted by molar-refractivity contribution is 0.311. The second-order valence-corrected chi connectivity index (χ2v) is 6.61. The maximum absolute atomic E-state index is 9.34. The van der Waals surface area contributed by atoms with E-state index in [0.29, 0.717) is 12.3 Å². The molecule has 0 fully saturated rings. The van der Waals surface area contributed by atoms with E-state index in [-0.39, 0.29) is 5.92 Å². The fourth-order valence-electron chi connectivity index (χ4n) is 2.34. The largest absolute Gasteiger partial charge is 0.494 e. The molecule has 2 aromatic heterocycles. The number of nitrogens with zero attached hydrogens (tertiary/aromatic N) is 4. The highest BCUT2D eigenvalue weighted by molar-refractivity contribution is 7.16. The molecule has 0 saturated carbocycles. The summed E-state index contributed by atoms with van der Waals surface area (Å²) in [7, 11) is 0. The number of hydrogen-bond donors (Lipinski definition) is 0. The molecule has 0 spiro atoms. The van der Waals surface area contributed by atoms with Gasteiger partial charge in [0.05, 0.1) is 12.3 Å². The van der Waals surface area contributed by atoms with Gasteiger partial charge in [0.25, 0.3) is 0 Å². The van der Waals surface area contributed by atoms with Gasteiger partial charge in [-0.1, -0.05) is 43.4 Å². The molecule has 2 heterocycles. The number of hydrogen-bond acceptors (Lipinski definition) is 5. The van der Waals surface area contributed by atoms with E-state index in [0.717, 1.165) is 34.3 Å². The summed E-state index contributed by atoms with van der Waals surface area (Å²) in [5.41, 5.74) is 1.38. The van der Waals surface area contributed by atoms with Gasteiger partial charge in [-0.25, -0.2) is 4.98 Å². The quantitative estimate of drug-likeness (QED) is 0.646. The van der Waals surface area contributed by atoms with Crippen LogP contribution in [0.2, 0.25) is 0 Å². The van der Waals surface area contributed by atoms with Crippen LogP contribution in [-0.2, 0) is 6.42 Å². The number of imidazole rings is 1. The van der Waals surface area contributed by atoms with Gasteiger partial charge >= 0.3 is 0 Å². The summed E-state index contributed by atoms with van der Waals surface area (Å²) in [6.45, 7) is 4.72. The summed E-state index contributed by atoms with van der Waals surface area (Å²) in [6.07, 6.45) is 1.70. The van der Waals surface area contributed by atoms with Crippen LogP contribution in [0.1, 0.15) is 42.6 Å². The number of fused-ring (bicyclic) bond motifs is 1. The van der Waals surface area contributed by atoms with Gasteiger partial charge in [-0.2, -0.15) is 14.9 Å². The zero-order valence-corrected chi connectivity index (χ0v) is 14.0. The van der Waals surface area contributed by atoms with E-state index in [9.17, 15) is 5.26 Å². The minimum atomic E-state index is 0.223. The number of nitriles is 1. The van der Waals surface area contributed by atoms with Crippen LogP contribution in [0.15, 0.2) is 30.3 Å². The minimum Gasteiger partial charge on any atom is -0.494 e. The van der Waals surface area contributed by atoms with E-state index >= 15 is 0 Å². The smallest absolute Gasteiger partial charge is 0.213 e. The molecular weight excluding hydrogens is 308 g/mol. The van der Waals surface area contributed by atoms with Crippen LogP contribution in [0.4, 0.5) is 0 Å². The van der Waals surface area contributed by atoms with Crippen LogP contribution in [0.5, 0.6) is 5.75 Å². The highest BCUT2D eigenvalue weighted by Crippen LogP contribution is 2.24. The summed E-state index contributed by atoms with van der Waals surface area (Å²) in [5.74, 6) is 1.11. The van der Waals surface area contributed by atoms with Gasteiger partial charge < -0.3 is 4.74 Å². The minimum absolute atomic E-state index is 0.223. The number of aryl methyl sites for hydroxylation is 1. The van der Waals surface area contributed by atoms with Gasteiger partial charge in [-0.3, -0.25) is 0 Å². The number of rotatable bonds is 6. The van der Waals surface area contributed by atoms with Crippen molar-refractivity contribution in [3.05, 3.63) is 46.7 Å². The molecule has 5 nitrogen and oxygen atoms in total. The Kier molecular flexibility index (Phi) is 4.58. The highest BCUT2D eigenvalue weighted by Gasteiger charge is 2.18. The molecule has 0 bridgehead atoms. The van der Waals surface area contributed by atoms with Crippen LogP contribution in [0, 0.1) is 11.3 Å². The molecule has 0 saturated heterocycles. The van der Waals surface area contributed by atoms with Crippen molar-refractivity contribution in [3.63, 3.8) is 0 Å². The SMILES string of the molecule is CC(C)c1nc2sc(CCCOc3ccccc3)nn2c1C#N. The summed E-state index contributed by atoms with van der Waals surface area (Å²) in [5, 5.41) is 14.8. The maximum Gasteiger partial charge on any atom is 0.213 e. The van der Waals surface area contributed by atoms with Crippen molar-refractivity contribution in [1.29, 1.82) is 5.26 Å². The fourth-order valence-corrected chi connectivity index (χ4v) is 3.28. The van der Waals surface area contributed by atoms with Gasteiger partial charge in [0, 0.05) is 6.42 Å². The van der Waals surface area contributed by atoms with Crippen molar-refractivity contribution in [1.82, 2.24) is 14.6 Å². The second kappa shape index (κ2) is 6.80. The predicted octanol–water partition coefficient (Wildman–Crippen LogP) is 3.80. The Morgan fingerprint density at radius 3 is 2.78 bits per heavy atom.